The van der Waals surface area contributed by atoms with Crippen LogP contribution in [0.2, 0.25) is 0 Å². The number of amides is 1. The van der Waals surface area contributed by atoms with Crippen LogP contribution in [0.4, 0.5) is 4.79 Å². The number of nitrogens with one attached hydrogen (secondary N) is 1. The SMILES string of the molecule is NC(=O)Cl.c1ccc2n[nH]nc2c1. The van der Waals surface area contributed by atoms with Crippen LogP contribution in [0, 0.1) is 0 Å². The standard InChI is InChI=1S/C6H5N3.CH2ClNO/c1-2-4-6-5(3-1)7-9-8-6;2-1(3)4/h1-4H,(H,7,8,9);(H2,3,4). The van der Waals surface area contributed by atoms with Crippen molar-refractivity contribution < 1.29 is 4.79 Å². The lowest BCUT2D eigenvalue weighted by Crippen LogP contribution is -1.94. The summed E-state index contributed by atoms with van der Waals surface area (Å²) < 4.78 is 0. The van der Waals surface area contributed by atoms with Gasteiger partial charge in [0.1, 0.15) is 11.0 Å². The van der Waals surface area contributed by atoms with Crippen molar-refractivity contribution in [2.24, 2.45) is 5.73 Å². The summed E-state index contributed by atoms with van der Waals surface area (Å²) >= 11 is 4.41. The van der Waals surface area contributed by atoms with Crippen LogP contribution >= 0.6 is 11.6 Å². The number of aromatic amines is 1. The number of carbonyl (C=O) groups is 1. The first kappa shape index (κ1) is 9.47. The summed E-state index contributed by atoms with van der Waals surface area (Å²) in [5.74, 6) is 0. The number of fused-ring (bicyclic) bond motifs is 1. The Morgan fingerprint density at radius 3 is 2.08 bits per heavy atom. The molecule has 13 heavy (non-hydrogen) atoms. The Balaban J connectivity index is 0.000000184. The quantitative estimate of drug-likeness (QED) is 0.494. The molecule has 5 nitrogen and oxygen atoms in total. The lowest BCUT2D eigenvalue weighted by atomic mass is 10.3. The van der Waals surface area contributed by atoms with Crippen molar-refractivity contribution in [1.29, 1.82) is 0 Å². The van der Waals surface area contributed by atoms with Crippen molar-refractivity contribution in [3.63, 3.8) is 0 Å². The van der Waals surface area contributed by atoms with Crippen LogP contribution in [0.5, 0.6) is 0 Å². The minimum absolute atomic E-state index is 0.861. The molecule has 1 amide bonds. The van der Waals surface area contributed by atoms with Gasteiger partial charge in [-0.05, 0) is 23.7 Å². The molecule has 0 atom stereocenters. The van der Waals surface area contributed by atoms with Crippen molar-refractivity contribution in [2.45, 2.75) is 0 Å². The second-order valence-electron chi connectivity index (χ2n) is 2.12. The molecule has 6 heteroatoms. The van der Waals surface area contributed by atoms with Crippen LogP contribution in [-0.4, -0.2) is 20.8 Å². The number of rotatable bonds is 0. The molecule has 0 aliphatic carbocycles. The lowest BCUT2D eigenvalue weighted by molar-refractivity contribution is 0.266. The van der Waals surface area contributed by atoms with E-state index in [9.17, 15) is 0 Å². The summed E-state index contributed by atoms with van der Waals surface area (Å²) in [5, 5.41) is 9.44. The Hall–Kier alpha value is -1.62. The molecule has 68 valence electrons. The van der Waals surface area contributed by atoms with Crippen molar-refractivity contribution in [1.82, 2.24) is 15.4 Å². The van der Waals surface area contributed by atoms with Gasteiger partial charge in [-0.1, -0.05) is 12.1 Å². The van der Waals surface area contributed by atoms with Crippen molar-refractivity contribution in [3.05, 3.63) is 24.3 Å². The number of carbonyl (C=O) groups excluding carboxylic acids is 1. The fourth-order valence-electron chi connectivity index (χ4n) is 0.786. The van der Waals surface area contributed by atoms with E-state index < -0.39 is 5.37 Å². The van der Waals surface area contributed by atoms with Gasteiger partial charge >= 0.3 is 5.37 Å². The molecular formula is C7H7ClN4O. The monoisotopic (exact) mass is 198 g/mol. The molecule has 2 rings (SSSR count). The number of halogens is 1. The molecule has 0 fully saturated rings. The first-order valence-corrected chi connectivity index (χ1v) is 3.78. The van der Waals surface area contributed by atoms with Gasteiger partial charge in [0.15, 0.2) is 0 Å². The van der Waals surface area contributed by atoms with E-state index in [4.69, 9.17) is 4.79 Å². The second kappa shape index (κ2) is 4.42. The molecule has 0 aliphatic rings. The third-order valence-corrected chi connectivity index (χ3v) is 1.22. The molecule has 0 radical (unpaired) electrons. The number of nitrogens with two attached hydrogens (primary N) is 1. The molecule has 2 aromatic rings. The van der Waals surface area contributed by atoms with Crippen LogP contribution < -0.4 is 5.73 Å². The Morgan fingerprint density at radius 1 is 1.31 bits per heavy atom. The summed E-state index contributed by atoms with van der Waals surface area (Å²) in [6.07, 6.45) is 0. The van der Waals surface area contributed by atoms with Gasteiger partial charge in [-0.25, -0.2) is 0 Å². The summed E-state index contributed by atoms with van der Waals surface area (Å²) in [7, 11) is 0. The van der Waals surface area contributed by atoms with Crippen molar-refractivity contribution in [2.75, 3.05) is 0 Å². The number of nitrogens with zero attached hydrogens (tertiary/aromatic N) is 2. The predicted octanol–water partition coefficient (Wildman–Crippen LogP) is 1.26. The average Bonchev–Trinajstić information content (AvgIpc) is 2.49. The Morgan fingerprint density at radius 2 is 1.69 bits per heavy atom. The van der Waals surface area contributed by atoms with E-state index in [2.05, 4.69) is 32.7 Å². The minimum Gasteiger partial charge on any atom is -0.356 e. The molecule has 1 aromatic carbocycles. The van der Waals surface area contributed by atoms with Crippen molar-refractivity contribution in [3.8, 4) is 0 Å². The second-order valence-corrected chi connectivity index (χ2v) is 2.49. The molecule has 0 saturated heterocycles. The van der Waals surface area contributed by atoms with Crippen LogP contribution in [0.1, 0.15) is 0 Å². The van der Waals surface area contributed by atoms with Gasteiger partial charge in [-0.3, -0.25) is 4.79 Å². The van der Waals surface area contributed by atoms with E-state index in [1.54, 1.807) is 0 Å². The molecule has 0 bridgehead atoms. The van der Waals surface area contributed by atoms with Crippen molar-refractivity contribution >= 4 is 28.0 Å². The highest BCUT2D eigenvalue weighted by Gasteiger charge is 1.90. The van der Waals surface area contributed by atoms with Crippen LogP contribution in [-0.2, 0) is 0 Å². The topological polar surface area (TPSA) is 84.7 Å². The number of aromatic nitrogens is 3. The maximum absolute atomic E-state index is 8.99. The first-order valence-electron chi connectivity index (χ1n) is 3.40. The largest absolute Gasteiger partial charge is 0.356 e. The Labute approximate surface area is 78.9 Å². The minimum atomic E-state index is -0.861. The van der Waals surface area contributed by atoms with Crippen LogP contribution in [0.3, 0.4) is 0 Å². The van der Waals surface area contributed by atoms with Crippen LogP contribution in [0.15, 0.2) is 24.3 Å². The number of H-pyrrole nitrogens is 1. The zero-order valence-corrected chi connectivity index (χ0v) is 7.32. The molecule has 0 saturated carbocycles. The van der Waals surface area contributed by atoms with Gasteiger partial charge in [0, 0.05) is 0 Å². The molecule has 1 aromatic heterocycles. The first-order chi connectivity index (χ1) is 6.20. The predicted molar refractivity (Wildman–Crippen MR) is 49.3 cm³/mol. The van der Waals surface area contributed by atoms with Gasteiger partial charge in [0.25, 0.3) is 0 Å². The van der Waals surface area contributed by atoms with E-state index in [1.165, 1.54) is 0 Å². The van der Waals surface area contributed by atoms with E-state index in [-0.39, 0.29) is 0 Å². The fraction of sp³-hybridized carbons (Fsp3) is 0. The fourth-order valence-corrected chi connectivity index (χ4v) is 0.786. The highest BCUT2D eigenvalue weighted by molar-refractivity contribution is 6.62. The van der Waals surface area contributed by atoms with Gasteiger partial charge in [-0.2, -0.15) is 15.4 Å². The summed E-state index contributed by atoms with van der Waals surface area (Å²) in [5.41, 5.74) is 6.07. The number of benzene rings is 1. The number of hydrogen-bond acceptors (Lipinski definition) is 3. The van der Waals surface area contributed by atoms with E-state index >= 15 is 0 Å². The third-order valence-electron chi connectivity index (χ3n) is 1.22. The maximum atomic E-state index is 8.99. The highest BCUT2D eigenvalue weighted by Crippen LogP contribution is 2.03. The Kier molecular flexibility index (Phi) is 3.22. The van der Waals surface area contributed by atoms with Gasteiger partial charge in [-0.15, -0.1) is 0 Å². The summed E-state index contributed by atoms with van der Waals surface area (Å²) in [6, 6.07) is 7.70. The Bertz CT molecular complexity index is 366. The summed E-state index contributed by atoms with van der Waals surface area (Å²) in [4.78, 5) is 8.99. The van der Waals surface area contributed by atoms with E-state index in [0.717, 1.165) is 11.0 Å². The molecular weight excluding hydrogens is 192 g/mol. The summed E-state index contributed by atoms with van der Waals surface area (Å²) in [6.45, 7) is 0. The lowest BCUT2D eigenvalue weighted by Gasteiger charge is -1.78. The van der Waals surface area contributed by atoms with E-state index in [1.807, 2.05) is 24.3 Å². The molecule has 0 aliphatic heterocycles. The zero-order chi connectivity index (χ0) is 9.68. The molecule has 3 N–H and O–H groups in total. The molecule has 0 spiro atoms. The molecule has 0 unspecified atom stereocenters. The van der Waals surface area contributed by atoms with Gasteiger partial charge in [0.2, 0.25) is 0 Å². The van der Waals surface area contributed by atoms with Gasteiger partial charge in [0.05, 0.1) is 0 Å². The highest BCUT2D eigenvalue weighted by atomic mass is 35.5. The smallest absolute Gasteiger partial charge is 0.311 e. The zero-order valence-electron chi connectivity index (χ0n) is 6.57. The number of primary amides is 1. The third kappa shape index (κ3) is 3.08. The number of para-hydroxylation sites is 2. The normalized spacial score (nSPS) is 9.00. The van der Waals surface area contributed by atoms with E-state index in [0.29, 0.717) is 0 Å². The molecule has 1 heterocycles. The number of hydrogen-bond donors (Lipinski definition) is 2. The van der Waals surface area contributed by atoms with Gasteiger partial charge < -0.3 is 5.73 Å². The average molecular weight is 199 g/mol. The van der Waals surface area contributed by atoms with Crippen LogP contribution in [0.25, 0.3) is 11.0 Å². The maximum Gasteiger partial charge on any atom is 0.311 e.